The van der Waals surface area contributed by atoms with Crippen molar-refractivity contribution in [2.24, 2.45) is 5.92 Å². The molecule has 2 aromatic carbocycles. The molecule has 0 aliphatic heterocycles. The summed E-state index contributed by atoms with van der Waals surface area (Å²) in [6, 6.07) is 17.4. The molecule has 0 saturated heterocycles. The number of rotatable bonds is 8. The number of nitrogen functional groups attached to an aromatic ring is 1. The highest BCUT2D eigenvalue weighted by Crippen LogP contribution is 2.35. The lowest BCUT2D eigenvalue weighted by atomic mass is 9.85. The maximum absolute atomic E-state index is 12.4. The van der Waals surface area contributed by atoms with E-state index >= 15 is 0 Å². The Hall–Kier alpha value is -3.65. The van der Waals surface area contributed by atoms with Gasteiger partial charge in [-0.1, -0.05) is 36.8 Å². The second kappa shape index (κ2) is 10.8. The first kappa shape index (κ1) is 22.5. The van der Waals surface area contributed by atoms with E-state index < -0.39 is 0 Å². The molecule has 8 heteroatoms. The van der Waals surface area contributed by atoms with Gasteiger partial charge in [-0.25, -0.2) is 9.97 Å². The molecule has 1 aliphatic rings. The highest BCUT2D eigenvalue weighted by Gasteiger charge is 2.28. The van der Waals surface area contributed by atoms with Crippen molar-refractivity contribution >= 4 is 17.5 Å². The lowest BCUT2D eigenvalue weighted by molar-refractivity contribution is -0.127. The van der Waals surface area contributed by atoms with Gasteiger partial charge in [0.15, 0.2) is 0 Å². The number of amides is 1. The fourth-order valence-electron chi connectivity index (χ4n) is 4.15. The van der Waals surface area contributed by atoms with Crippen LogP contribution in [0.1, 0.15) is 25.7 Å². The Bertz CT molecular complexity index is 1060. The third-order valence-electron chi connectivity index (χ3n) is 5.78. The van der Waals surface area contributed by atoms with Gasteiger partial charge in [0.25, 0.3) is 0 Å². The van der Waals surface area contributed by atoms with Crippen LogP contribution in [0.2, 0.25) is 0 Å². The van der Waals surface area contributed by atoms with Gasteiger partial charge in [-0.15, -0.1) is 0 Å². The highest BCUT2D eigenvalue weighted by atomic mass is 16.5. The van der Waals surface area contributed by atoms with E-state index in [0.29, 0.717) is 11.6 Å². The number of methoxy groups -OCH3 is 1. The lowest BCUT2D eigenvalue weighted by Gasteiger charge is -2.30. The predicted molar refractivity (Wildman–Crippen MR) is 128 cm³/mol. The summed E-state index contributed by atoms with van der Waals surface area (Å²) in [7, 11) is 1.56. The van der Waals surface area contributed by atoms with Gasteiger partial charge in [0.05, 0.1) is 5.56 Å². The number of hydrogen-bond acceptors (Lipinski definition) is 7. The number of aromatic nitrogens is 2. The molecule has 1 saturated carbocycles. The smallest absolute Gasteiger partial charge is 0.224 e. The summed E-state index contributed by atoms with van der Waals surface area (Å²) in [5.41, 5.74) is 7.89. The minimum atomic E-state index is -0.0524. The molecule has 0 unspecified atom stereocenters. The van der Waals surface area contributed by atoms with E-state index in [0.717, 1.165) is 48.3 Å². The topological polar surface area (TPSA) is 111 Å². The molecule has 2 atom stereocenters. The average molecular weight is 448 g/mol. The number of carbonyl (C=O) groups excluding carboxylic acids is 1. The van der Waals surface area contributed by atoms with Crippen molar-refractivity contribution in [3.63, 3.8) is 0 Å². The third-order valence-corrected chi connectivity index (χ3v) is 5.78. The highest BCUT2D eigenvalue weighted by molar-refractivity contribution is 5.84. The molecule has 172 valence electrons. The molecule has 1 amide bonds. The Labute approximate surface area is 193 Å². The number of nitrogens with two attached hydrogens (primary N) is 1. The van der Waals surface area contributed by atoms with Gasteiger partial charge < -0.3 is 25.8 Å². The molecule has 4 N–H and O–H groups in total. The molecular formula is C25H29N5O3. The molecule has 1 aromatic heterocycles. The third kappa shape index (κ3) is 5.78. The molecule has 1 heterocycles. The summed E-state index contributed by atoms with van der Waals surface area (Å²) in [6.45, 7) is 0.226. The molecule has 3 aromatic rings. The zero-order valence-corrected chi connectivity index (χ0v) is 18.7. The summed E-state index contributed by atoms with van der Waals surface area (Å²) in [5.74, 6) is 2.54. The van der Waals surface area contributed by atoms with Crippen molar-refractivity contribution in [2.45, 2.75) is 31.7 Å². The molecule has 0 spiro atoms. The number of carbonyl (C=O) groups is 1. The van der Waals surface area contributed by atoms with Crippen molar-refractivity contribution in [3.8, 4) is 22.6 Å². The van der Waals surface area contributed by atoms with E-state index in [-0.39, 0.29) is 24.6 Å². The monoisotopic (exact) mass is 447 g/mol. The van der Waals surface area contributed by atoms with E-state index in [1.807, 2.05) is 54.6 Å². The van der Waals surface area contributed by atoms with E-state index in [4.69, 9.17) is 15.2 Å². The number of anilines is 2. The summed E-state index contributed by atoms with van der Waals surface area (Å²) in [6.07, 6.45) is 4.98. The van der Waals surface area contributed by atoms with Crippen LogP contribution < -0.4 is 21.1 Å². The van der Waals surface area contributed by atoms with E-state index in [1.54, 1.807) is 7.11 Å². The summed E-state index contributed by atoms with van der Waals surface area (Å²) in [4.78, 5) is 21.0. The summed E-state index contributed by atoms with van der Waals surface area (Å²) >= 11 is 0. The molecule has 0 radical (unpaired) electrons. The minimum absolute atomic E-state index is 0.0276. The number of benzene rings is 2. The maximum atomic E-state index is 12.4. The quantitative estimate of drug-likeness (QED) is 0.444. The Morgan fingerprint density at radius 3 is 2.58 bits per heavy atom. The van der Waals surface area contributed by atoms with Gasteiger partial charge in [-0.3, -0.25) is 4.79 Å². The Morgan fingerprint density at radius 2 is 1.82 bits per heavy atom. The van der Waals surface area contributed by atoms with Crippen molar-refractivity contribution < 1.29 is 14.3 Å². The van der Waals surface area contributed by atoms with Crippen LogP contribution in [0, 0.1) is 5.92 Å². The van der Waals surface area contributed by atoms with Crippen LogP contribution in [0.3, 0.4) is 0 Å². The number of nitrogens with one attached hydrogen (secondary N) is 2. The van der Waals surface area contributed by atoms with E-state index in [1.165, 1.54) is 6.33 Å². The first-order chi connectivity index (χ1) is 16.1. The normalized spacial score (nSPS) is 17.8. The second-order valence-electron chi connectivity index (χ2n) is 8.10. The van der Waals surface area contributed by atoms with Crippen LogP contribution in [0.5, 0.6) is 11.5 Å². The Kier molecular flexibility index (Phi) is 7.36. The number of nitrogens with zero attached hydrogens (tertiary/aromatic N) is 2. The van der Waals surface area contributed by atoms with Gasteiger partial charge in [-0.2, -0.15) is 0 Å². The van der Waals surface area contributed by atoms with E-state index in [9.17, 15) is 4.79 Å². The van der Waals surface area contributed by atoms with E-state index in [2.05, 4.69) is 20.6 Å². The number of hydrogen-bond donors (Lipinski definition) is 3. The molecule has 4 rings (SSSR count). The molecular weight excluding hydrogens is 418 g/mol. The molecule has 8 nitrogen and oxygen atoms in total. The van der Waals surface area contributed by atoms with Crippen LogP contribution in [0.4, 0.5) is 11.6 Å². The summed E-state index contributed by atoms with van der Waals surface area (Å²) < 4.78 is 10.8. The van der Waals surface area contributed by atoms with Gasteiger partial charge >= 0.3 is 0 Å². The van der Waals surface area contributed by atoms with Crippen molar-refractivity contribution in [2.75, 3.05) is 24.9 Å². The van der Waals surface area contributed by atoms with Crippen LogP contribution in [0.25, 0.3) is 11.1 Å². The number of para-hydroxylation sites is 1. The lowest BCUT2D eigenvalue weighted by Crippen LogP contribution is -2.38. The zero-order chi connectivity index (χ0) is 23.0. The molecule has 1 aliphatic carbocycles. The molecule has 1 fully saturated rings. The van der Waals surface area contributed by atoms with Gasteiger partial charge in [0.1, 0.15) is 36.2 Å². The zero-order valence-electron chi connectivity index (χ0n) is 18.7. The first-order valence-electron chi connectivity index (χ1n) is 11.1. The van der Waals surface area contributed by atoms with Crippen molar-refractivity contribution in [1.29, 1.82) is 0 Å². The Morgan fingerprint density at radius 1 is 1.06 bits per heavy atom. The fourth-order valence-corrected chi connectivity index (χ4v) is 4.15. The standard InChI is InChI=1S/C25H29N5O3/c1-32-16-29-25(31)18-6-5-7-19(14-18)30-24-22(23(26)27-15-28-24)17-10-12-21(13-11-17)33-20-8-3-2-4-9-20/h2-4,8-13,15,18-19H,5-7,14,16H2,1H3,(H,29,31)(H3,26,27,28,30)/t18-,19-/m0/s1. The summed E-state index contributed by atoms with van der Waals surface area (Å²) in [5, 5.41) is 6.32. The van der Waals surface area contributed by atoms with Crippen LogP contribution in [-0.4, -0.2) is 35.8 Å². The van der Waals surface area contributed by atoms with Gasteiger partial charge in [-0.05, 0) is 49.1 Å². The average Bonchev–Trinajstić information content (AvgIpc) is 2.84. The van der Waals surface area contributed by atoms with Gasteiger partial charge in [0, 0.05) is 19.1 Å². The number of ether oxygens (including phenoxy) is 2. The minimum Gasteiger partial charge on any atom is -0.457 e. The fraction of sp³-hybridized carbons (Fsp3) is 0.320. The SMILES string of the molecule is COCNC(=O)[C@H]1CCC[C@H](Nc2ncnc(N)c2-c2ccc(Oc3ccccc3)cc2)C1. The predicted octanol–water partition coefficient (Wildman–Crippen LogP) is 4.21. The second-order valence-corrected chi connectivity index (χ2v) is 8.10. The first-order valence-corrected chi connectivity index (χ1v) is 11.1. The van der Waals surface area contributed by atoms with Crippen LogP contribution in [-0.2, 0) is 9.53 Å². The molecule has 0 bridgehead atoms. The molecule has 33 heavy (non-hydrogen) atoms. The van der Waals surface area contributed by atoms with Crippen LogP contribution >= 0.6 is 0 Å². The van der Waals surface area contributed by atoms with Crippen molar-refractivity contribution in [1.82, 2.24) is 15.3 Å². The van der Waals surface area contributed by atoms with Gasteiger partial charge in [0.2, 0.25) is 5.91 Å². The Balaban J connectivity index is 1.49. The largest absolute Gasteiger partial charge is 0.457 e. The van der Waals surface area contributed by atoms with Crippen molar-refractivity contribution in [3.05, 3.63) is 60.9 Å². The van der Waals surface area contributed by atoms with Crippen LogP contribution in [0.15, 0.2) is 60.9 Å². The maximum Gasteiger partial charge on any atom is 0.224 e.